The van der Waals surface area contributed by atoms with Crippen molar-refractivity contribution in [2.75, 3.05) is 17.8 Å². The van der Waals surface area contributed by atoms with Gasteiger partial charge in [-0.25, -0.2) is 8.42 Å². The molecule has 0 spiro atoms. The maximum absolute atomic E-state index is 13.9. The summed E-state index contributed by atoms with van der Waals surface area (Å²) in [7, 11) is -3.52. The van der Waals surface area contributed by atoms with Crippen molar-refractivity contribution < 1.29 is 32.2 Å². The zero-order chi connectivity index (χ0) is 28.0. The molecule has 2 aromatic rings. The molecule has 0 radical (unpaired) electrons. The molecule has 2 heterocycles. The summed E-state index contributed by atoms with van der Waals surface area (Å²) in [5, 5.41) is 0. The lowest BCUT2D eigenvalue weighted by Gasteiger charge is -2.37. The highest BCUT2D eigenvalue weighted by Gasteiger charge is 2.45. The lowest BCUT2D eigenvalue weighted by atomic mass is 9.69. The number of rotatable bonds is 6. The first-order valence-electron chi connectivity index (χ1n) is 13.7. The molecular formula is C30H32N2O7S. The zero-order valence-corrected chi connectivity index (χ0v) is 23.3. The molecule has 2 aliphatic carbocycles. The van der Waals surface area contributed by atoms with Crippen molar-refractivity contribution in [2.45, 2.75) is 63.4 Å². The molecule has 0 saturated heterocycles. The molecule has 0 bridgehead atoms. The summed E-state index contributed by atoms with van der Waals surface area (Å²) in [6.07, 6.45) is 5.44. The van der Waals surface area contributed by atoms with Gasteiger partial charge in [0.2, 0.25) is 16.8 Å². The summed E-state index contributed by atoms with van der Waals surface area (Å²) in [5.41, 5.74) is 3.76. The van der Waals surface area contributed by atoms with E-state index in [0.29, 0.717) is 46.2 Å². The van der Waals surface area contributed by atoms with Crippen LogP contribution in [0.1, 0.15) is 68.4 Å². The van der Waals surface area contributed by atoms with Gasteiger partial charge >= 0.3 is 5.97 Å². The summed E-state index contributed by atoms with van der Waals surface area (Å²) in [4.78, 5) is 32.4. The van der Waals surface area contributed by atoms with E-state index in [0.717, 1.165) is 37.5 Å². The van der Waals surface area contributed by atoms with E-state index in [-0.39, 0.29) is 31.0 Å². The second-order valence-electron chi connectivity index (χ2n) is 11.1. The van der Waals surface area contributed by atoms with Crippen molar-refractivity contribution in [2.24, 2.45) is 10.9 Å². The first-order valence-corrected chi connectivity index (χ1v) is 15.5. The van der Waals surface area contributed by atoms with Crippen molar-refractivity contribution >= 4 is 33.2 Å². The molecule has 210 valence electrons. The fraction of sp³-hybridized carbons (Fsp3) is 0.433. The third-order valence-electron chi connectivity index (χ3n) is 8.14. The highest BCUT2D eigenvalue weighted by molar-refractivity contribution is 7.92. The number of fused-ring (bicyclic) bond motifs is 1. The molecule has 6 rings (SSSR count). The molecule has 3 atom stereocenters. The molecule has 40 heavy (non-hydrogen) atoms. The molecule has 1 fully saturated rings. The summed E-state index contributed by atoms with van der Waals surface area (Å²) in [6, 6.07) is 12.6. The van der Waals surface area contributed by atoms with Crippen LogP contribution in [0.5, 0.6) is 11.5 Å². The van der Waals surface area contributed by atoms with Gasteiger partial charge in [-0.2, -0.15) is 0 Å². The number of aliphatic imine (C=N–C) groups is 1. The predicted molar refractivity (Wildman–Crippen MR) is 149 cm³/mol. The Morgan fingerprint density at radius 2 is 1.80 bits per heavy atom. The number of hydrogen-bond acceptors (Lipinski definition) is 8. The van der Waals surface area contributed by atoms with Gasteiger partial charge in [-0.05, 0) is 80.3 Å². The van der Waals surface area contributed by atoms with Gasteiger partial charge in [0.15, 0.2) is 17.3 Å². The SMILES string of the molecule is CC1=NC2=C(C(=O)CC(c3ccc4c(c3)OCO4)C2)C(c2cccc(NS(C)(=O)=O)c2)C1C(=O)OC1CCCC1. The Bertz CT molecular complexity index is 1540. The number of ketones is 1. The van der Waals surface area contributed by atoms with E-state index in [1.54, 1.807) is 18.2 Å². The van der Waals surface area contributed by atoms with Crippen LogP contribution >= 0.6 is 0 Å². The molecule has 3 unspecified atom stereocenters. The van der Waals surface area contributed by atoms with Crippen LogP contribution in [-0.2, 0) is 24.3 Å². The number of Topliss-reactive ketones (excluding diaryl/α,β-unsaturated/α-hetero) is 1. The smallest absolute Gasteiger partial charge is 0.315 e. The highest BCUT2D eigenvalue weighted by Crippen LogP contribution is 2.48. The van der Waals surface area contributed by atoms with Crippen LogP contribution in [-0.4, -0.2) is 45.0 Å². The van der Waals surface area contributed by atoms with Gasteiger partial charge in [-0.3, -0.25) is 19.3 Å². The van der Waals surface area contributed by atoms with Crippen molar-refractivity contribution in [3.05, 3.63) is 64.9 Å². The summed E-state index contributed by atoms with van der Waals surface area (Å²) in [5.74, 6) is -0.633. The first kappa shape index (κ1) is 26.6. The number of ether oxygens (including phenoxy) is 3. The van der Waals surface area contributed by atoms with Gasteiger partial charge in [0.25, 0.3) is 0 Å². The van der Waals surface area contributed by atoms with Crippen LogP contribution in [0.3, 0.4) is 0 Å². The van der Waals surface area contributed by atoms with Crippen LogP contribution in [0.2, 0.25) is 0 Å². The number of benzene rings is 2. The van der Waals surface area contributed by atoms with E-state index in [1.807, 2.05) is 31.2 Å². The number of sulfonamides is 1. The van der Waals surface area contributed by atoms with Crippen LogP contribution < -0.4 is 14.2 Å². The Hall–Kier alpha value is -3.66. The minimum Gasteiger partial charge on any atom is -0.462 e. The summed E-state index contributed by atoms with van der Waals surface area (Å²) in [6.45, 7) is 1.99. The second kappa shape index (κ2) is 10.4. The topological polar surface area (TPSA) is 120 Å². The molecule has 10 heteroatoms. The Morgan fingerprint density at radius 3 is 2.58 bits per heavy atom. The summed E-state index contributed by atoms with van der Waals surface area (Å²) < 4.78 is 43.3. The van der Waals surface area contributed by atoms with Gasteiger partial charge in [-0.15, -0.1) is 0 Å². The Balaban J connectivity index is 1.39. The zero-order valence-electron chi connectivity index (χ0n) is 22.5. The van der Waals surface area contributed by atoms with Gasteiger partial charge in [0.1, 0.15) is 12.0 Å². The maximum atomic E-state index is 13.9. The molecule has 0 aromatic heterocycles. The van der Waals surface area contributed by atoms with Crippen molar-refractivity contribution in [3.63, 3.8) is 0 Å². The summed E-state index contributed by atoms with van der Waals surface area (Å²) >= 11 is 0. The second-order valence-corrected chi connectivity index (χ2v) is 12.8. The quantitative estimate of drug-likeness (QED) is 0.498. The van der Waals surface area contributed by atoms with Gasteiger partial charge < -0.3 is 14.2 Å². The Kier molecular flexibility index (Phi) is 6.90. The maximum Gasteiger partial charge on any atom is 0.315 e. The van der Waals surface area contributed by atoms with Gasteiger partial charge in [0, 0.05) is 35.0 Å². The van der Waals surface area contributed by atoms with Crippen molar-refractivity contribution in [1.82, 2.24) is 0 Å². The predicted octanol–water partition coefficient (Wildman–Crippen LogP) is 4.85. The Labute approximate surface area is 233 Å². The van der Waals surface area contributed by atoms with E-state index in [4.69, 9.17) is 19.2 Å². The lowest BCUT2D eigenvalue weighted by Crippen LogP contribution is -2.39. The number of anilines is 1. The minimum absolute atomic E-state index is 0.0784. The molecular weight excluding hydrogens is 532 g/mol. The molecule has 1 saturated carbocycles. The molecule has 2 aliphatic heterocycles. The van der Waals surface area contributed by atoms with Crippen molar-refractivity contribution in [3.8, 4) is 11.5 Å². The largest absolute Gasteiger partial charge is 0.462 e. The molecule has 2 aromatic carbocycles. The molecule has 0 amide bonds. The fourth-order valence-electron chi connectivity index (χ4n) is 6.38. The number of hydrogen-bond donors (Lipinski definition) is 1. The average Bonchev–Trinajstić information content (AvgIpc) is 3.58. The van der Waals surface area contributed by atoms with E-state index in [9.17, 15) is 18.0 Å². The van der Waals surface area contributed by atoms with E-state index in [2.05, 4.69) is 4.72 Å². The molecule has 1 N–H and O–H groups in total. The number of nitrogens with zero attached hydrogens (tertiary/aromatic N) is 1. The van der Waals surface area contributed by atoms with Crippen LogP contribution in [0.15, 0.2) is 58.7 Å². The highest BCUT2D eigenvalue weighted by atomic mass is 32.2. The number of carbonyl (C=O) groups is 2. The van der Waals surface area contributed by atoms with Crippen LogP contribution in [0, 0.1) is 5.92 Å². The standard InChI is InChI=1S/C30H32N2O7S/c1-17-27(30(34)39-22-8-3-4-9-22)28(19-6-5-7-21(12-19)32-40(2,35)36)29-23(31-17)13-20(14-24(29)33)18-10-11-25-26(15-18)38-16-37-25/h5-7,10-12,15,20,22,27-28,32H,3-4,8-9,13-14,16H2,1-2H3. The monoisotopic (exact) mass is 564 g/mol. The number of esters is 1. The number of carbonyl (C=O) groups excluding carboxylic acids is 2. The molecule has 4 aliphatic rings. The first-order chi connectivity index (χ1) is 19.2. The van der Waals surface area contributed by atoms with E-state index < -0.39 is 27.8 Å². The van der Waals surface area contributed by atoms with Gasteiger partial charge in [0.05, 0.1) is 6.26 Å². The fourth-order valence-corrected chi connectivity index (χ4v) is 6.94. The van der Waals surface area contributed by atoms with E-state index in [1.165, 1.54) is 0 Å². The lowest BCUT2D eigenvalue weighted by molar-refractivity contribution is -0.151. The van der Waals surface area contributed by atoms with Gasteiger partial charge in [-0.1, -0.05) is 18.2 Å². The number of nitrogens with one attached hydrogen (secondary N) is 1. The third kappa shape index (κ3) is 5.24. The third-order valence-corrected chi connectivity index (χ3v) is 8.75. The van der Waals surface area contributed by atoms with Crippen LogP contribution in [0.4, 0.5) is 5.69 Å². The normalized spacial score (nSPS) is 24.5. The minimum atomic E-state index is -3.52. The molecule has 9 nitrogen and oxygen atoms in total. The Morgan fingerprint density at radius 1 is 1.02 bits per heavy atom. The van der Waals surface area contributed by atoms with Crippen molar-refractivity contribution in [1.29, 1.82) is 0 Å². The average molecular weight is 565 g/mol. The number of allylic oxidation sites excluding steroid dienone is 2. The van der Waals surface area contributed by atoms with Crippen LogP contribution in [0.25, 0.3) is 0 Å². The van der Waals surface area contributed by atoms with E-state index >= 15 is 0 Å².